The molecule has 0 atom stereocenters. The Hall–Kier alpha value is -4.63. The summed E-state index contributed by atoms with van der Waals surface area (Å²) in [5, 5.41) is 6.51. The van der Waals surface area contributed by atoms with E-state index < -0.39 is 0 Å². The molecule has 0 aliphatic carbocycles. The van der Waals surface area contributed by atoms with E-state index in [-0.39, 0.29) is 5.91 Å². The molecule has 0 unspecified atom stereocenters. The number of carbonyl (C=O) groups is 1. The number of imidazole rings is 1. The first kappa shape index (κ1) is 25.6. The molecule has 6 rings (SSSR count). The van der Waals surface area contributed by atoms with Gasteiger partial charge in [-0.2, -0.15) is 0 Å². The molecule has 9 heteroatoms. The van der Waals surface area contributed by atoms with E-state index in [9.17, 15) is 4.79 Å². The zero-order chi connectivity index (χ0) is 27.5. The molecule has 2 N–H and O–H groups in total. The summed E-state index contributed by atoms with van der Waals surface area (Å²) in [6.45, 7) is 1.15. The van der Waals surface area contributed by atoms with E-state index in [0.717, 1.165) is 45.1 Å². The molecule has 1 aliphatic heterocycles. The van der Waals surface area contributed by atoms with E-state index in [2.05, 4.69) is 48.7 Å². The maximum absolute atomic E-state index is 13.1. The summed E-state index contributed by atoms with van der Waals surface area (Å²) >= 11 is 3.40. The number of aromatic nitrogens is 3. The highest BCUT2D eigenvalue weighted by Gasteiger charge is 2.20. The lowest BCUT2D eigenvalue weighted by atomic mass is 10.00. The highest BCUT2D eigenvalue weighted by molar-refractivity contribution is 9.10. The lowest BCUT2D eigenvalue weighted by Crippen LogP contribution is -2.11. The summed E-state index contributed by atoms with van der Waals surface area (Å²) in [7, 11) is 1.68. The van der Waals surface area contributed by atoms with Crippen LogP contribution in [-0.4, -0.2) is 34.2 Å². The number of carbonyl (C=O) groups excluding carboxylic acids is 1. The van der Waals surface area contributed by atoms with Crippen molar-refractivity contribution in [1.29, 1.82) is 0 Å². The molecule has 0 radical (unpaired) electrons. The Morgan fingerprint density at radius 2 is 1.77 bits per heavy atom. The average Bonchev–Trinajstić information content (AvgIpc) is 3.44. The van der Waals surface area contributed by atoms with Crippen LogP contribution >= 0.6 is 15.9 Å². The van der Waals surface area contributed by atoms with E-state index in [4.69, 9.17) is 9.47 Å². The summed E-state index contributed by atoms with van der Waals surface area (Å²) in [5.74, 6) is 1.34. The normalized spacial score (nSPS) is 12.0. The fourth-order valence-electron chi connectivity index (χ4n) is 4.71. The van der Waals surface area contributed by atoms with Crippen LogP contribution in [0.3, 0.4) is 0 Å². The lowest BCUT2D eigenvalue weighted by molar-refractivity contribution is 0.102. The quantitative estimate of drug-likeness (QED) is 0.194. The van der Waals surface area contributed by atoms with Crippen molar-refractivity contribution in [3.63, 3.8) is 0 Å². The second-order valence-electron chi connectivity index (χ2n) is 9.37. The Bertz CT molecular complexity index is 1690. The number of rotatable bonds is 8. The number of pyridine rings is 1. The molecule has 0 fully saturated rings. The Labute approximate surface area is 240 Å². The van der Waals surface area contributed by atoms with Gasteiger partial charge in [0.05, 0.1) is 49.2 Å². The fraction of sp³-hybridized carbons (Fsp3) is 0.129. The van der Waals surface area contributed by atoms with Crippen molar-refractivity contribution in [1.82, 2.24) is 14.5 Å². The first-order valence-corrected chi connectivity index (χ1v) is 13.6. The molecule has 8 nitrogen and oxygen atoms in total. The number of amides is 1. The molecule has 0 bridgehead atoms. The van der Waals surface area contributed by atoms with Crippen molar-refractivity contribution in [3.8, 4) is 22.6 Å². The van der Waals surface area contributed by atoms with Crippen molar-refractivity contribution < 1.29 is 14.3 Å². The minimum absolute atomic E-state index is 0.159. The van der Waals surface area contributed by atoms with Crippen LogP contribution < -0.4 is 20.1 Å². The van der Waals surface area contributed by atoms with Gasteiger partial charge < -0.3 is 24.7 Å². The van der Waals surface area contributed by atoms with Crippen LogP contribution in [0.2, 0.25) is 0 Å². The number of hydrogen-bond donors (Lipinski definition) is 2. The maximum Gasteiger partial charge on any atom is 0.257 e. The predicted octanol–water partition coefficient (Wildman–Crippen LogP) is 6.70. The molecule has 200 valence electrons. The zero-order valence-electron chi connectivity index (χ0n) is 21.7. The Morgan fingerprint density at radius 1 is 0.900 bits per heavy atom. The summed E-state index contributed by atoms with van der Waals surface area (Å²) < 4.78 is 14.2. The van der Waals surface area contributed by atoms with Gasteiger partial charge >= 0.3 is 0 Å². The second-order valence-corrected chi connectivity index (χ2v) is 10.1. The largest absolute Gasteiger partial charge is 0.496 e. The van der Waals surface area contributed by atoms with Crippen LogP contribution in [0.25, 0.3) is 11.1 Å². The van der Waals surface area contributed by atoms with Gasteiger partial charge in [-0.25, -0.2) is 9.97 Å². The van der Waals surface area contributed by atoms with Gasteiger partial charge in [0.25, 0.3) is 5.91 Å². The third kappa shape index (κ3) is 5.41. The molecule has 3 aromatic carbocycles. The van der Waals surface area contributed by atoms with Gasteiger partial charge in [0, 0.05) is 30.6 Å². The first-order chi connectivity index (χ1) is 19.6. The molecule has 1 amide bonds. The summed E-state index contributed by atoms with van der Waals surface area (Å²) in [6.07, 6.45) is 7.85. The highest BCUT2D eigenvalue weighted by Crippen LogP contribution is 2.36. The number of benzene rings is 3. The Balaban J connectivity index is 1.21. The second kappa shape index (κ2) is 11.2. The van der Waals surface area contributed by atoms with Crippen molar-refractivity contribution >= 4 is 38.9 Å². The number of anilines is 3. The Kier molecular flexibility index (Phi) is 7.20. The fourth-order valence-corrected chi connectivity index (χ4v) is 5.07. The summed E-state index contributed by atoms with van der Waals surface area (Å²) in [4.78, 5) is 21.4. The van der Waals surface area contributed by atoms with E-state index in [1.807, 2.05) is 65.4 Å². The van der Waals surface area contributed by atoms with E-state index in [1.165, 1.54) is 0 Å². The van der Waals surface area contributed by atoms with E-state index in [0.29, 0.717) is 35.5 Å². The third-order valence-electron chi connectivity index (χ3n) is 6.77. The molecular formula is C31H26BrN5O3. The summed E-state index contributed by atoms with van der Waals surface area (Å²) in [5.41, 5.74) is 6.96. The van der Waals surface area contributed by atoms with Crippen LogP contribution in [0.1, 0.15) is 21.5 Å². The number of ether oxygens (including phenoxy) is 2. The lowest BCUT2D eigenvalue weighted by Gasteiger charge is -2.14. The number of nitrogens with zero attached hydrogens (tertiary/aromatic N) is 3. The van der Waals surface area contributed by atoms with Gasteiger partial charge in [-0.3, -0.25) is 4.79 Å². The molecule has 5 aromatic rings. The molecular weight excluding hydrogens is 570 g/mol. The third-order valence-corrected chi connectivity index (χ3v) is 7.37. The molecule has 2 aromatic heterocycles. The van der Waals surface area contributed by atoms with Gasteiger partial charge in [0.2, 0.25) is 0 Å². The van der Waals surface area contributed by atoms with Gasteiger partial charge in [0.15, 0.2) is 5.75 Å². The number of hydrogen-bond acceptors (Lipinski definition) is 6. The van der Waals surface area contributed by atoms with Crippen LogP contribution in [0.15, 0.2) is 96.3 Å². The minimum atomic E-state index is -0.159. The predicted molar refractivity (Wildman–Crippen MR) is 159 cm³/mol. The van der Waals surface area contributed by atoms with E-state index in [1.54, 1.807) is 25.8 Å². The highest BCUT2D eigenvalue weighted by atomic mass is 79.9. The van der Waals surface area contributed by atoms with Gasteiger partial charge in [-0.15, -0.1) is 0 Å². The van der Waals surface area contributed by atoms with Crippen molar-refractivity contribution in [2.24, 2.45) is 0 Å². The van der Waals surface area contributed by atoms with Gasteiger partial charge in [0.1, 0.15) is 10.4 Å². The average molecular weight is 596 g/mol. The Morgan fingerprint density at radius 3 is 2.60 bits per heavy atom. The van der Waals surface area contributed by atoms with Gasteiger partial charge in [-0.05, 0) is 75.1 Å². The number of fused-ring (bicyclic) bond motifs is 2. The van der Waals surface area contributed by atoms with Crippen molar-refractivity contribution in [3.05, 3.63) is 113 Å². The smallest absolute Gasteiger partial charge is 0.257 e. The van der Waals surface area contributed by atoms with Gasteiger partial charge in [-0.1, -0.05) is 24.3 Å². The van der Waals surface area contributed by atoms with Crippen molar-refractivity contribution in [2.75, 3.05) is 24.4 Å². The van der Waals surface area contributed by atoms with Crippen molar-refractivity contribution in [2.45, 2.75) is 13.0 Å². The first-order valence-electron chi connectivity index (χ1n) is 12.8. The molecule has 3 heterocycles. The standard InChI is InChI=1S/C31H26BrN5O3/c1-39-29-17-22(5-6-23(29)18-37-13-12-33-19-37)21-7-8-24-26(16-21)35-25-9-4-20(15-27(25)36-31(24)38)10-14-40-28-3-2-11-34-30(28)32/h2-9,11-13,15-17,19,35H,10,14,18H2,1H3,(H,36,38). The molecule has 1 aliphatic rings. The molecule has 40 heavy (non-hydrogen) atoms. The molecule has 0 saturated heterocycles. The van der Waals surface area contributed by atoms with Crippen LogP contribution in [0.4, 0.5) is 17.1 Å². The molecule has 0 saturated carbocycles. The minimum Gasteiger partial charge on any atom is -0.496 e. The number of nitrogens with one attached hydrogen (secondary N) is 2. The van der Waals surface area contributed by atoms with Crippen LogP contribution in [0.5, 0.6) is 11.5 Å². The van der Waals surface area contributed by atoms with Crippen LogP contribution in [-0.2, 0) is 13.0 Å². The van der Waals surface area contributed by atoms with E-state index >= 15 is 0 Å². The maximum atomic E-state index is 13.1. The zero-order valence-corrected chi connectivity index (χ0v) is 23.3. The topological polar surface area (TPSA) is 90.3 Å². The summed E-state index contributed by atoms with van der Waals surface area (Å²) in [6, 6.07) is 21.7. The number of halogens is 1. The number of methoxy groups -OCH3 is 1. The van der Waals surface area contributed by atoms with Crippen LogP contribution in [0, 0.1) is 0 Å². The monoisotopic (exact) mass is 595 g/mol. The molecule has 0 spiro atoms. The SMILES string of the molecule is COc1cc(-c2ccc3c(c2)Nc2ccc(CCOc4cccnc4Br)cc2NC3=O)ccc1Cn1ccnc1.